The summed E-state index contributed by atoms with van der Waals surface area (Å²) in [7, 11) is 0. The van der Waals surface area contributed by atoms with Crippen molar-refractivity contribution in [2.24, 2.45) is 0 Å². The molecule has 1 heteroatoms. The Labute approximate surface area is 278 Å². The Morgan fingerprint density at radius 1 is 0.333 bits per heavy atom. The van der Waals surface area contributed by atoms with Gasteiger partial charge in [-0.15, -0.1) is 0 Å². The summed E-state index contributed by atoms with van der Waals surface area (Å²) < 4.78 is 6.95. The van der Waals surface area contributed by atoms with E-state index in [-0.39, 0.29) is 0 Å². The summed E-state index contributed by atoms with van der Waals surface area (Å²) in [6, 6.07) is 59.3. The van der Waals surface area contributed by atoms with Gasteiger partial charge < -0.3 is 4.42 Å². The molecule has 9 aromatic carbocycles. The first kappa shape index (κ1) is 27.0. The fraction of sp³-hybridized carbons (Fsp3) is 0.0213. The molecule has 1 heterocycles. The molecule has 0 N–H and O–H groups in total. The monoisotopic (exact) mass is 610 g/mol. The van der Waals surface area contributed by atoms with E-state index in [4.69, 9.17) is 4.42 Å². The Hall–Kier alpha value is -6.18. The fourth-order valence-corrected chi connectivity index (χ4v) is 8.14. The minimum Gasteiger partial charge on any atom is -0.455 e. The van der Waals surface area contributed by atoms with Crippen molar-refractivity contribution >= 4 is 65.0 Å². The second kappa shape index (κ2) is 10.4. The number of hydrogen-bond donors (Lipinski definition) is 0. The molecule has 0 spiro atoms. The van der Waals surface area contributed by atoms with Crippen LogP contribution in [0.5, 0.6) is 0 Å². The standard InChI is InChI=1S/C47H30O/c1-29-32-16-5-7-18-35(32)46(36-19-8-6-17-33(29)36)42-25-13-24-41-34-27-26-31(28-43(34)48-47(41)42)45-39-22-11-9-20-37(39)44(30-14-3-2-4-15-30)38-21-10-12-23-40(38)45/h2-28H,1H3. The van der Waals surface area contributed by atoms with Crippen molar-refractivity contribution in [3.8, 4) is 33.4 Å². The van der Waals surface area contributed by atoms with Crippen LogP contribution in [-0.4, -0.2) is 0 Å². The van der Waals surface area contributed by atoms with Gasteiger partial charge in [-0.3, -0.25) is 0 Å². The Kier molecular flexibility index (Phi) is 5.86. The van der Waals surface area contributed by atoms with Crippen LogP contribution in [0.4, 0.5) is 0 Å². The lowest BCUT2D eigenvalue weighted by Gasteiger charge is -2.17. The van der Waals surface area contributed by atoms with E-state index in [2.05, 4.69) is 171 Å². The van der Waals surface area contributed by atoms with Gasteiger partial charge in [-0.25, -0.2) is 0 Å². The smallest absolute Gasteiger partial charge is 0.143 e. The van der Waals surface area contributed by atoms with Crippen molar-refractivity contribution in [1.82, 2.24) is 0 Å². The zero-order valence-electron chi connectivity index (χ0n) is 26.5. The van der Waals surface area contributed by atoms with Crippen molar-refractivity contribution in [2.75, 3.05) is 0 Å². The van der Waals surface area contributed by atoms with Crippen molar-refractivity contribution in [3.63, 3.8) is 0 Å². The summed E-state index contributed by atoms with van der Waals surface area (Å²) in [4.78, 5) is 0. The maximum atomic E-state index is 6.95. The van der Waals surface area contributed by atoms with Gasteiger partial charge in [0.1, 0.15) is 11.2 Å². The predicted octanol–water partition coefficient (Wildman–Crippen LogP) is 13.5. The predicted molar refractivity (Wildman–Crippen MR) is 205 cm³/mol. The van der Waals surface area contributed by atoms with Crippen LogP contribution >= 0.6 is 0 Å². The molecule has 0 saturated heterocycles. The van der Waals surface area contributed by atoms with Gasteiger partial charge in [0.15, 0.2) is 0 Å². The lowest BCUT2D eigenvalue weighted by atomic mass is 9.86. The minimum atomic E-state index is 0.899. The molecule has 0 saturated carbocycles. The topological polar surface area (TPSA) is 13.1 Å². The van der Waals surface area contributed by atoms with Crippen LogP contribution in [0.3, 0.4) is 0 Å². The van der Waals surface area contributed by atoms with Crippen molar-refractivity contribution in [2.45, 2.75) is 6.92 Å². The molecule has 0 atom stereocenters. The molecule has 0 bridgehead atoms. The van der Waals surface area contributed by atoms with E-state index in [1.165, 1.54) is 70.9 Å². The molecule has 224 valence electrons. The van der Waals surface area contributed by atoms with E-state index >= 15 is 0 Å². The first-order valence-corrected chi connectivity index (χ1v) is 16.6. The highest BCUT2D eigenvalue weighted by atomic mass is 16.3. The molecule has 10 rings (SSSR count). The van der Waals surface area contributed by atoms with Gasteiger partial charge in [0, 0.05) is 21.9 Å². The number of fused-ring (bicyclic) bond motifs is 7. The van der Waals surface area contributed by atoms with Gasteiger partial charge in [0.25, 0.3) is 0 Å². The first-order valence-electron chi connectivity index (χ1n) is 16.6. The van der Waals surface area contributed by atoms with Crippen LogP contribution in [0.1, 0.15) is 5.56 Å². The van der Waals surface area contributed by atoms with Crippen LogP contribution < -0.4 is 0 Å². The lowest BCUT2D eigenvalue weighted by molar-refractivity contribution is 0.670. The number of aryl methyl sites for hydroxylation is 1. The summed E-state index contributed by atoms with van der Waals surface area (Å²) in [5.41, 5.74) is 10.4. The highest BCUT2D eigenvalue weighted by Crippen LogP contribution is 2.46. The van der Waals surface area contributed by atoms with Gasteiger partial charge in [0.05, 0.1) is 0 Å². The second-order valence-electron chi connectivity index (χ2n) is 12.8. The molecular formula is C47H30O. The molecular weight excluding hydrogens is 581 g/mol. The van der Waals surface area contributed by atoms with E-state index in [1.54, 1.807) is 0 Å². The van der Waals surface area contributed by atoms with Crippen molar-refractivity contribution in [1.29, 1.82) is 0 Å². The molecule has 0 amide bonds. The van der Waals surface area contributed by atoms with E-state index in [0.29, 0.717) is 0 Å². The van der Waals surface area contributed by atoms with E-state index in [1.807, 2.05) is 0 Å². The summed E-state index contributed by atoms with van der Waals surface area (Å²) in [6.07, 6.45) is 0. The van der Waals surface area contributed by atoms with Crippen LogP contribution in [0.2, 0.25) is 0 Å². The minimum absolute atomic E-state index is 0.899. The van der Waals surface area contributed by atoms with Crippen LogP contribution in [-0.2, 0) is 0 Å². The van der Waals surface area contributed by atoms with Crippen LogP contribution in [0.25, 0.3) is 98.4 Å². The Balaban J connectivity index is 1.26. The number of furan rings is 1. The number of para-hydroxylation sites is 1. The van der Waals surface area contributed by atoms with E-state index in [9.17, 15) is 0 Å². The average Bonchev–Trinajstić information content (AvgIpc) is 3.53. The Bertz CT molecular complexity index is 2780. The maximum Gasteiger partial charge on any atom is 0.143 e. The Morgan fingerprint density at radius 3 is 1.35 bits per heavy atom. The average molecular weight is 611 g/mol. The molecule has 1 nitrogen and oxygen atoms in total. The van der Waals surface area contributed by atoms with Gasteiger partial charge in [-0.2, -0.15) is 0 Å². The molecule has 0 aliphatic heterocycles. The second-order valence-corrected chi connectivity index (χ2v) is 12.8. The Morgan fingerprint density at radius 2 is 0.792 bits per heavy atom. The first-order chi connectivity index (χ1) is 23.8. The molecule has 0 aliphatic carbocycles. The van der Waals surface area contributed by atoms with Gasteiger partial charge in [0.2, 0.25) is 0 Å². The van der Waals surface area contributed by atoms with Gasteiger partial charge >= 0.3 is 0 Å². The molecule has 10 aromatic rings. The van der Waals surface area contributed by atoms with Gasteiger partial charge in [-0.1, -0.05) is 152 Å². The third-order valence-electron chi connectivity index (χ3n) is 10.3. The van der Waals surface area contributed by atoms with E-state index in [0.717, 1.165) is 33.1 Å². The zero-order valence-corrected chi connectivity index (χ0v) is 26.5. The quantitative estimate of drug-likeness (QED) is 0.181. The van der Waals surface area contributed by atoms with Crippen molar-refractivity contribution in [3.05, 3.63) is 169 Å². The summed E-state index contributed by atoms with van der Waals surface area (Å²) in [6.45, 7) is 2.23. The van der Waals surface area contributed by atoms with Crippen molar-refractivity contribution < 1.29 is 4.42 Å². The van der Waals surface area contributed by atoms with Crippen LogP contribution in [0, 0.1) is 6.92 Å². The highest BCUT2D eigenvalue weighted by molar-refractivity contribution is 6.23. The number of rotatable bonds is 3. The summed E-state index contributed by atoms with van der Waals surface area (Å²) in [5.74, 6) is 0. The lowest BCUT2D eigenvalue weighted by Crippen LogP contribution is -1.90. The molecule has 0 radical (unpaired) electrons. The molecule has 48 heavy (non-hydrogen) atoms. The third kappa shape index (κ3) is 3.85. The summed E-state index contributed by atoms with van der Waals surface area (Å²) in [5, 5.41) is 12.3. The maximum absolute atomic E-state index is 6.95. The fourth-order valence-electron chi connectivity index (χ4n) is 8.14. The zero-order chi connectivity index (χ0) is 31.8. The highest BCUT2D eigenvalue weighted by Gasteiger charge is 2.20. The molecule has 0 aliphatic rings. The molecule has 1 aromatic heterocycles. The SMILES string of the molecule is Cc1c2ccccc2c(-c2cccc3c2oc2cc(-c4c5ccccc5c(-c5ccccc5)c5ccccc45)ccc23)c2ccccc12. The number of benzene rings is 9. The largest absolute Gasteiger partial charge is 0.455 e. The van der Waals surface area contributed by atoms with E-state index < -0.39 is 0 Å². The van der Waals surface area contributed by atoms with Gasteiger partial charge in [-0.05, 0) is 90.0 Å². The number of hydrogen-bond acceptors (Lipinski definition) is 1. The normalized spacial score (nSPS) is 11.9. The molecule has 0 fully saturated rings. The summed E-state index contributed by atoms with van der Waals surface area (Å²) >= 11 is 0. The molecule has 0 unspecified atom stereocenters. The van der Waals surface area contributed by atoms with Crippen LogP contribution in [0.15, 0.2) is 168 Å². The third-order valence-corrected chi connectivity index (χ3v) is 10.3.